The topological polar surface area (TPSA) is 42.2 Å². The highest BCUT2D eigenvalue weighted by Gasteiger charge is 2.14. The SMILES string of the molecule is CC(C)N(Cc1ccccc1)Cc1nc(N)ccc1Cl. The van der Waals surface area contributed by atoms with Crippen molar-refractivity contribution >= 4 is 17.4 Å². The molecule has 0 unspecified atom stereocenters. The third-order valence-corrected chi connectivity index (χ3v) is 3.60. The van der Waals surface area contributed by atoms with Crippen molar-refractivity contribution in [2.24, 2.45) is 0 Å². The van der Waals surface area contributed by atoms with Crippen LogP contribution in [0.15, 0.2) is 42.5 Å². The van der Waals surface area contributed by atoms with E-state index in [1.54, 1.807) is 12.1 Å². The lowest BCUT2D eigenvalue weighted by atomic mass is 10.2. The smallest absolute Gasteiger partial charge is 0.123 e. The van der Waals surface area contributed by atoms with Crippen molar-refractivity contribution in [1.82, 2.24) is 9.88 Å². The van der Waals surface area contributed by atoms with Crippen LogP contribution in [-0.4, -0.2) is 15.9 Å². The Balaban J connectivity index is 2.15. The zero-order chi connectivity index (χ0) is 14.5. The Morgan fingerprint density at radius 3 is 2.45 bits per heavy atom. The molecule has 3 nitrogen and oxygen atoms in total. The van der Waals surface area contributed by atoms with Crippen molar-refractivity contribution in [3.8, 4) is 0 Å². The van der Waals surface area contributed by atoms with E-state index < -0.39 is 0 Å². The van der Waals surface area contributed by atoms with Crippen molar-refractivity contribution < 1.29 is 0 Å². The van der Waals surface area contributed by atoms with Crippen LogP contribution in [0, 0.1) is 0 Å². The predicted octanol–water partition coefficient (Wildman–Crippen LogP) is 3.73. The third-order valence-electron chi connectivity index (χ3n) is 3.25. The van der Waals surface area contributed by atoms with Gasteiger partial charge in [0.1, 0.15) is 5.82 Å². The van der Waals surface area contributed by atoms with Crippen LogP contribution in [0.3, 0.4) is 0 Å². The molecule has 0 aliphatic carbocycles. The molecule has 1 aromatic heterocycles. The average molecular weight is 290 g/mol. The fourth-order valence-corrected chi connectivity index (χ4v) is 2.21. The Kier molecular flexibility index (Phi) is 4.99. The first-order valence-corrected chi connectivity index (χ1v) is 7.13. The Hall–Kier alpha value is -1.58. The van der Waals surface area contributed by atoms with Crippen LogP contribution in [0.4, 0.5) is 5.82 Å². The summed E-state index contributed by atoms with van der Waals surface area (Å²) < 4.78 is 0. The number of aromatic nitrogens is 1. The summed E-state index contributed by atoms with van der Waals surface area (Å²) in [7, 11) is 0. The molecular formula is C16H20ClN3. The number of halogens is 1. The zero-order valence-electron chi connectivity index (χ0n) is 11.9. The molecule has 2 aromatic rings. The zero-order valence-corrected chi connectivity index (χ0v) is 12.6. The Morgan fingerprint density at radius 2 is 1.80 bits per heavy atom. The minimum atomic E-state index is 0.398. The highest BCUT2D eigenvalue weighted by Crippen LogP contribution is 2.19. The molecule has 20 heavy (non-hydrogen) atoms. The molecule has 0 spiro atoms. The molecule has 0 fully saturated rings. The van der Waals surface area contributed by atoms with Gasteiger partial charge >= 0.3 is 0 Å². The van der Waals surface area contributed by atoms with Crippen molar-refractivity contribution in [2.45, 2.75) is 33.0 Å². The minimum Gasteiger partial charge on any atom is -0.384 e. The van der Waals surface area contributed by atoms with Crippen molar-refractivity contribution in [3.63, 3.8) is 0 Å². The number of benzene rings is 1. The molecule has 0 radical (unpaired) electrons. The van der Waals surface area contributed by atoms with Gasteiger partial charge in [-0.3, -0.25) is 4.90 Å². The molecule has 0 saturated heterocycles. The highest BCUT2D eigenvalue weighted by atomic mass is 35.5. The molecule has 4 heteroatoms. The van der Waals surface area contributed by atoms with E-state index in [1.807, 2.05) is 6.07 Å². The molecule has 0 aliphatic rings. The maximum atomic E-state index is 6.20. The van der Waals surface area contributed by atoms with Gasteiger partial charge in [-0.1, -0.05) is 41.9 Å². The highest BCUT2D eigenvalue weighted by molar-refractivity contribution is 6.31. The largest absolute Gasteiger partial charge is 0.384 e. The Bertz CT molecular complexity index is 555. The standard InChI is InChI=1S/C16H20ClN3/c1-12(2)20(10-13-6-4-3-5-7-13)11-15-14(17)8-9-16(18)19-15/h3-9,12H,10-11H2,1-2H3,(H2,18,19). The van der Waals surface area contributed by atoms with Crippen LogP contribution in [0.2, 0.25) is 5.02 Å². The molecule has 2 N–H and O–H groups in total. The van der Waals surface area contributed by atoms with E-state index in [4.69, 9.17) is 17.3 Å². The molecular weight excluding hydrogens is 270 g/mol. The van der Waals surface area contributed by atoms with Gasteiger partial charge in [-0.2, -0.15) is 0 Å². The maximum absolute atomic E-state index is 6.20. The summed E-state index contributed by atoms with van der Waals surface area (Å²) in [5.74, 6) is 0.507. The first-order chi connectivity index (χ1) is 9.56. The molecule has 2 rings (SSSR count). The van der Waals surface area contributed by atoms with Gasteiger partial charge in [-0.25, -0.2) is 4.98 Å². The predicted molar refractivity (Wildman–Crippen MR) is 84.5 cm³/mol. The molecule has 0 bridgehead atoms. The second kappa shape index (κ2) is 6.73. The van der Waals surface area contributed by atoms with Crippen LogP contribution in [-0.2, 0) is 13.1 Å². The van der Waals surface area contributed by atoms with Gasteiger partial charge in [0, 0.05) is 19.1 Å². The van der Waals surface area contributed by atoms with Gasteiger partial charge < -0.3 is 5.73 Å². The van der Waals surface area contributed by atoms with Crippen LogP contribution in [0.25, 0.3) is 0 Å². The second-order valence-electron chi connectivity index (χ2n) is 5.15. The summed E-state index contributed by atoms with van der Waals surface area (Å²) in [6.45, 7) is 5.90. The Morgan fingerprint density at radius 1 is 1.10 bits per heavy atom. The molecule has 106 valence electrons. The molecule has 1 heterocycles. The lowest BCUT2D eigenvalue weighted by Crippen LogP contribution is -2.30. The number of nitrogens with zero attached hydrogens (tertiary/aromatic N) is 2. The van der Waals surface area contributed by atoms with Crippen molar-refractivity contribution in [2.75, 3.05) is 5.73 Å². The van der Waals surface area contributed by atoms with E-state index in [0.29, 0.717) is 23.4 Å². The lowest BCUT2D eigenvalue weighted by Gasteiger charge is -2.26. The summed E-state index contributed by atoms with van der Waals surface area (Å²) in [5, 5.41) is 0.665. The summed E-state index contributed by atoms with van der Waals surface area (Å²) >= 11 is 6.20. The van der Waals surface area contributed by atoms with Crippen LogP contribution in [0.1, 0.15) is 25.1 Å². The molecule has 0 atom stereocenters. The van der Waals surface area contributed by atoms with E-state index in [2.05, 4.69) is 48.0 Å². The molecule has 0 amide bonds. The van der Waals surface area contributed by atoms with Gasteiger partial charge in [0.05, 0.1) is 10.7 Å². The fraction of sp³-hybridized carbons (Fsp3) is 0.312. The number of nitrogen functional groups attached to an aromatic ring is 1. The van der Waals surface area contributed by atoms with Crippen LogP contribution < -0.4 is 5.73 Å². The van der Waals surface area contributed by atoms with E-state index in [-0.39, 0.29) is 0 Å². The van der Waals surface area contributed by atoms with Gasteiger partial charge in [-0.05, 0) is 31.5 Å². The first-order valence-electron chi connectivity index (χ1n) is 6.75. The molecule has 0 aliphatic heterocycles. The first kappa shape index (κ1) is 14.8. The summed E-state index contributed by atoms with van der Waals surface area (Å²) in [4.78, 5) is 6.66. The normalized spacial score (nSPS) is 11.2. The average Bonchev–Trinajstić information content (AvgIpc) is 2.43. The quantitative estimate of drug-likeness (QED) is 0.912. The number of anilines is 1. The number of rotatable bonds is 5. The van der Waals surface area contributed by atoms with Gasteiger partial charge in [0.25, 0.3) is 0 Å². The number of nitrogens with two attached hydrogens (primary N) is 1. The number of hydrogen-bond acceptors (Lipinski definition) is 3. The number of pyridine rings is 1. The summed E-state index contributed by atoms with van der Waals surface area (Å²) in [6.07, 6.45) is 0. The Labute approximate surface area is 125 Å². The molecule has 0 saturated carbocycles. The summed E-state index contributed by atoms with van der Waals surface area (Å²) in [5.41, 5.74) is 7.85. The van der Waals surface area contributed by atoms with E-state index >= 15 is 0 Å². The van der Waals surface area contributed by atoms with E-state index in [1.165, 1.54) is 5.56 Å². The van der Waals surface area contributed by atoms with Gasteiger partial charge in [0.15, 0.2) is 0 Å². The van der Waals surface area contributed by atoms with Crippen LogP contribution in [0.5, 0.6) is 0 Å². The van der Waals surface area contributed by atoms with Crippen molar-refractivity contribution in [1.29, 1.82) is 0 Å². The van der Waals surface area contributed by atoms with E-state index in [0.717, 1.165) is 12.2 Å². The monoisotopic (exact) mass is 289 g/mol. The van der Waals surface area contributed by atoms with Crippen molar-refractivity contribution in [3.05, 3.63) is 58.7 Å². The molecule has 1 aromatic carbocycles. The minimum absolute atomic E-state index is 0.398. The fourth-order valence-electron chi connectivity index (χ4n) is 2.04. The van der Waals surface area contributed by atoms with E-state index in [9.17, 15) is 0 Å². The summed E-state index contributed by atoms with van der Waals surface area (Å²) in [6, 6.07) is 14.3. The van der Waals surface area contributed by atoms with Crippen LogP contribution >= 0.6 is 11.6 Å². The maximum Gasteiger partial charge on any atom is 0.123 e. The number of hydrogen-bond donors (Lipinski definition) is 1. The lowest BCUT2D eigenvalue weighted by molar-refractivity contribution is 0.201. The van der Waals surface area contributed by atoms with Gasteiger partial charge in [0.2, 0.25) is 0 Å². The third kappa shape index (κ3) is 3.95. The van der Waals surface area contributed by atoms with Gasteiger partial charge in [-0.15, -0.1) is 0 Å². The second-order valence-corrected chi connectivity index (χ2v) is 5.56.